The zero-order chi connectivity index (χ0) is 21.7. The molecule has 0 aliphatic carbocycles. The van der Waals surface area contributed by atoms with Gasteiger partial charge in [0.25, 0.3) is 0 Å². The molecule has 0 spiro atoms. The molecule has 1 N–H and O–H groups in total. The first-order valence-electron chi connectivity index (χ1n) is 9.45. The third-order valence-electron chi connectivity index (χ3n) is 4.29. The van der Waals surface area contributed by atoms with Gasteiger partial charge in [-0.3, -0.25) is 14.5 Å². The van der Waals surface area contributed by atoms with Gasteiger partial charge in [0, 0.05) is 24.7 Å². The first-order valence-corrected chi connectivity index (χ1v) is 11.1. The van der Waals surface area contributed by atoms with Crippen molar-refractivity contribution in [2.45, 2.75) is 25.5 Å². The monoisotopic (exact) mass is 465 g/mol. The number of ether oxygens (including phenoxy) is 1. The number of thioether (sulfide) groups is 1. The van der Waals surface area contributed by atoms with Gasteiger partial charge in [0.15, 0.2) is 5.17 Å². The first kappa shape index (κ1) is 22.5. The van der Waals surface area contributed by atoms with Crippen LogP contribution in [0, 0.1) is 0 Å². The number of amidine groups is 1. The number of carbonyl (C=O) groups excluding carboxylic acids is 2. The van der Waals surface area contributed by atoms with Crippen LogP contribution in [0.15, 0.2) is 47.5 Å². The van der Waals surface area contributed by atoms with E-state index in [9.17, 15) is 9.59 Å². The predicted octanol–water partition coefficient (Wildman–Crippen LogP) is 5.37. The van der Waals surface area contributed by atoms with Crippen LogP contribution in [-0.2, 0) is 9.59 Å². The molecule has 1 fully saturated rings. The molecule has 6 nitrogen and oxygen atoms in total. The molecule has 2 aromatic carbocycles. The second kappa shape index (κ2) is 10.2. The minimum Gasteiger partial charge on any atom is -0.494 e. The van der Waals surface area contributed by atoms with Gasteiger partial charge in [-0.1, -0.05) is 41.0 Å². The highest BCUT2D eigenvalue weighted by atomic mass is 35.5. The fourth-order valence-corrected chi connectivity index (χ4v) is 4.33. The average Bonchev–Trinajstić information content (AvgIpc) is 2.71. The number of nitrogens with one attached hydrogen (secondary N) is 1. The molecule has 1 saturated heterocycles. The topological polar surface area (TPSA) is 71.0 Å². The van der Waals surface area contributed by atoms with E-state index >= 15 is 0 Å². The van der Waals surface area contributed by atoms with Crippen molar-refractivity contribution in [3.63, 3.8) is 0 Å². The lowest BCUT2D eigenvalue weighted by atomic mass is 10.2. The lowest BCUT2D eigenvalue weighted by Crippen LogP contribution is -2.45. The van der Waals surface area contributed by atoms with Gasteiger partial charge in [-0.2, -0.15) is 0 Å². The van der Waals surface area contributed by atoms with Crippen LogP contribution in [0.2, 0.25) is 10.0 Å². The molecule has 1 atom stereocenters. The molecule has 1 heterocycles. The largest absolute Gasteiger partial charge is 0.494 e. The number of halogens is 2. The molecular weight excluding hydrogens is 445 g/mol. The van der Waals surface area contributed by atoms with E-state index in [-0.39, 0.29) is 18.2 Å². The van der Waals surface area contributed by atoms with Crippen molar-refractivity contribution >= 4 is 63.3 Å². The van der Waals surface area contributed by atoms with E-state index in [4.69, 9.17) is 27.9 Å². The maximum atomic E-state index is 12.8. The molecule has 158 valence electrons. The fourth-order valence-electron chi connectivity index (χ4n) is 2.87. The molecule has 0 aromatic heterocycles. The van der Waals surface area contributed by atoms with Gasteiger partial charge in [-0.05, 0) is 44.2 Å². The van der Waals surface area contributed by atoms with E-state index in [0.29, 0.717) is 45.5 Å². The van der Waals surface area contributed by atoms with Gasteiger partial charge < -0.3 is 10.1 Å². The summed E-state index contributed by atoms with van der Waals surface area (Å²) in [6.07, 6.45) is 0.0931. The summed E-state index contributed by atoms with van der Waals surface area (Å²) in [5.74, 6) is 0.250. The number of anilines is 1. The highest BCUT2D eigenvalue weighted by molar-refractivity contribution is 8.15. The third-order valence-corrected chi connectivity index (χ3v) is 6.22. The Morgan fingerprint density at radius 3 is 2.73 bits per heavy atom. The van der Waals surface area contributed by atoms with Gasteiger partial charge >= 0.3 is 0 Å². The number of nitrogens with zero attached hydrogens (tertiary/aromatic N) is 2. The van der Waals surface area contributed by atoms with E-state index < -0.39 is 5.25 Å². The summed E-state index contributed by atoms with van der Waals surface area (Å²) >= 11 is 13.3. The van der Waals surface area contributed by atoms with Crippen molar-refractivity contribution in [3.8, 4) is 5.75 Å². The number of rotatable bonds is 6. The summed E-state index contributed by atoms with van der Waals surface area (Å²) in [4.78, 5) is 31.6. The molecule has 3 rings (SSSR count). The zero-order valence-corrected chi connectivity index (χ0v) is 18.9. The minimum absolute atomic E-state index is 0.0931. The molecule has 0 saturated carbocycles. The van der Waals surface area contributed by atoms with Crippen LogP contribution in [0.3, 0.4) is 0 Å². The molecule has 1 unspecified atom stereocenters. The summed E-state index contributed by atoms with van der Waals surface area (Å²) in [5.41, 5.74) is 1.17. The van der Waals surface area contributed by atoms with Crippen molar-refractivity contribution < 1.29 is 14.3 Å². The van der Waals surface area contributed by atoms with E-state index in [1.54, 1.807) is 41.3 Å². The maximum Gasteiger partial charge on any atom is 0.238 e. The minimum atomic E-state index is -0.599. The molecule has 0 radical (unpaired) electrons. The quantitative estimate of drug-likeness (QED) is 0.621. The van der Waals surface area contributed by atoms with Crippen LogP contribution in [-0.4, -0.2) is 40.3 Å². The number of carbonyl (C=O) groups is 2. The van der Waals surface area contributed by atoms with Crippen LogP contribution < -0.4 is 10.1 Å². The summed E-state index contributed by atoms with van der Waals surface area (Å²) in [6.45, 7) is 4.74. The van der Waals surface area contributed by atoms with Crippen LogP contribution in [0.25, 0.3) is 0 Å². The van der Waals surface area contributed by atoms with Crippen molar-refractivity contribution in [1.29, 1.82) is 0 Å². The molecular formula is C21H21Cl2N3O3S. The Labute approximate surface area is 189 Å². The Balaban J connectivity index is 1.80. The van der Waals surface area contributed by atoms with Crippen LogP contribution in [0.1, 0.15) is 20.3 Å². The highest BCUT2D eigenvalue weighted by Gasteiger charge is 2.35. The van der Waals surface area contributed by atoms with Gasteiger partial charge in [0.2, 0.25) is 11.8 Å². The van der Waals surface area contributed by atoms with Gasteiger partial charge in [0.1, 0.15) is 11.0 Å². The lowest BCUT2D eigenvalue weighted by Gasteiger charge is -2.31. The zero-order valence-electron chi connectivity index (χ0n) is 16.5. The van der Waals surface area contributed by atoms with E-state index in [2.05, 4.69) is 10.3 Å². The number of benzene rings is 2. The molecule has 2 amide bonds. The van der Waals surface area contributed by atoms with Crippen molar-refractivity contribution in [1.82, 2.24) is 4.90 Å². The molecule has 1 aliphatic rings. The Morgan fingerprint density at radius 2 is 2.03 bits per heavy atom. The number of amides is 2. The van der Waals surface area contributed by atoms with Crippen molar-refractivity contribution in [2.24, 2.45) is 4.99 Å². The number of hydrogen-bond acceptors (Lipinski definition) is 5. The van der Waals surface area contributed by atoms with Crippen molar-refractivity contribution in [2.75, 3.05) is 18.5 Å². The number of aliphatic imine (C=N–C) groups is 1. The second-order valence-electron chi connectivity index (χ2n) is 6.39. The van der Waals surface area contributed by atoms with Gasteiger partial charge in [0.05, 0.1) is 22.3 Å². The van der Waals surface area contributed by atoms with Gasteiger partial charge in [-0.15, -0.1) is 0 Å². The third kappa shape index (κ3) is 5.47. The van der Waals surface area contributed by atoms with Crippen LogP contribution in [0.5, 0.6) is 5.75 Å². The van der Waals surface area contributed by atoms with Gasteiger partial charge in [-0.25, -0.2) is 4.99 Å². The summed E-state index contributed by atoms with van der Waals surface area (Å²) in [7, 11) is 0. The second-order valence-corrected chi connectivity index (χ2v) is 8.38. The van der Waals surface area contributed by atoms with Crippen molar-refractivity contribution in [3.05, 3.63) is 52.5 Å². The Kier molecular flexibility index (Phi) is 7.64. The van der Waals surface area contributed by atoms with Crippen LogP contribution in [0.4, 0.5) is 11.4 Å². The maximum absolute atomic E-state index is 12.8. The molecule has 2 aromatic rings. The Bertz CT molecular complexity index is 984. The summed E-state index contributed by atoms with van der Waals surface area (Å²) in [5, 5.41) is 3.51. The highest BCUT2D eigenvalue weighted by Crippen LogP contribution is 2.32. The predicted molar refractivity (Wildman–Crippen MR) is 123 cm³/mol. The number of hydrogen-bond donors (Lipinski definition) is 1. The molecule has 9 heteroatoms. The first-order chi connectivity index (χ1) is 14.4. The van der Waals surface area contributed by atoms with E-state index in [0.717, 1.165) is 0 Å². The summed E-state index contributed by atoms with van der Waals surface area (Å²) < 4.78 is 5.46. The normalized spacial score (nSPS) is 17.9. The Hall–Kier alpha value is -2.22. The molecule has 0 bridgehead atoms. The molecule has 30 heavy (non-hydrogen) atoms. The summed E-state index contributed by atoms with van der Waals surface area (Å²) in [6, 6.07) is 12.1. The Morgan fingerprint density at radius 1 is 1.23 bits per heavy atom. The SMILES string of the molecule is CCOc1cccc(NC(=O)C2CC(=O)N(CC)C(=Nc3ccc(Cl)c(Cl)c3)S2)c1. The smallest absolute Gasteiger partial charge is 0.238 e. The standard InChI is InChI=1S/C21H21Cl2N3O3S/c1-3-26-19(27)12-18(20(28)24-13-6-5-7-15(10-13)29-4-2)30-21(26)25-14-8-9-16(22)17(23)11-14/h5-11,18H,3-4,12H2,1-2H3,(H,24,28). The fraction of sp³-hybridized carbons (Fsp3) is 0.286. The van der Waals surface area contributed by atoms with E-state index in [1.165, 1.54) is 11.8 Å². The average molecular weight is 466 g/mol. The lowest BCUT2D eigenvalue weighted by molar-refractivity contribution is -0.129. The van der Waals surface area contributed by atoms with Crippen LogP contribution >= 0.6 is 35.0 Å². The van der Waals surface area contributed by atoms with E-state index in [1.807, 2.05) is 19.9 Å². The molecule has 1 aliphatic heterocycles.